The van der Waals surface area contributed by atoms with E-state index in [1.54, 1.807) is 6.07 Å². The van der Waals surface area contributed by atoms with Gasteiger partial charge in [0.15, 0.2) is 5.22 Å². The lowest BCUT2D eigenvalue weighted by molar-refractivity contribution is 0.532. The van der Waals surface area contributed by atoms with Crippen LogP contribution in [0.2, 0.25) is 5.22 Å². The van der Waals surface area contributed by atoms with E-state index in [0.29, 0.717) is 11.3 Å². The Morgan fingerprint density at radius 2 is 2.36 bits per heavy atom. The minimum absolute atomic E-state index is 0.366. The molecule has 1 aromatic rings. The molecule has 0 bridgehead atoms. The largest absolute Gasteiger partial charge is 0.449 e. The summed E-state index contributed by atoms with van der Waals surface area (Å²) in [6, 6.07) is 4.06. The van der Waals surface area contributed by atoms with Crippen LogP contribution < -0.4 is 5.73 Å². The molecule has 1 atom stereocenters. The molecule has 0 spiro atoms. The number of hydrogen-bond donors (Lipinski definition) is 1. The zero-order valence-electron chi connectivity index (χ0n) is 7.91. The first-order chi connectivity index (χ1) is 6.75. The van der Waals surface area contributed by atoms with Crippen LogP contribution in [0.1, 0.15) is 18.6 Å². The third kappa shape index (κ3) is 2.94. The van der Waals surface area contributed by atoms with Crippen molar-refractivity contribution in [2.45, 2.75) is 24.6 Å². The van der Waals surface area contributed by atoms with Gasteiger partial charge in [0.25, 0.3) is 0 Å². The van der Waals surface area contributed by atoms with Gasteiger partial charge in [-0.2, -0.15) is 11.8 Å². The van der Waals surface area contributed by atoms with Gasteiger partial charge in [0, 0.05) is 11.8 Å². The molecule has 1 aliphatic rings. The summed E-state index contributed by atoms with van der Waals surface area (Å²) in [4.78, 5) is 0. The van der Waals surface area contributed by atoms with E-state index in [0.717, 1.165) is 23.2 Å². The molecule has 1 saturated carbocycles. The van der Waals surface area contributed by atoms with E-state index in [2.05, 4.69) is 0 Å². The first kappa shape index (κ1) is 10.4. The van der Waals surface area contributed by atoms with Crippen molar-refractivity contribution >= 4 is 23.4 Å². The molecule has 0 aliphatic heterocycles. The van der Waals surface area contributed by atoms with Gasteiger partial charge in [0.2, 0.25) is 0 Å². The summed E-state index contributed by atoms with van der Waals surface area (Å²) in [5.41, 5.74) is 5.97. The summed E-state index contributed by atoms with van der Waals surface area (Å²) in [5.74, 6) is 3.60. The molecule has 78 valence electrons. The topological polar surface area (TPSA) is 39.2 Å². The van der Waals surface area contributed by atoms with Crippen molar-refractivity contribution in [1.82, 2.24) is 0 Å². The number of rotatable bonds is 5. The summed E-state index contributed by atoms with van der Waals surface area (Å²) < 4.78 is 5.25. The highest BCUT2D eigenvalue weighted by atomic mass is 35.5. The fourth-order valence-electron chi connectivity index (χ4n) is 1.39. The highest BCUT2D eigenvalue weighted by Gasteiger charge is 2.28. The van der Waals surface area contributed by atoms with Crippen LogP contribution in [0.5, 0.6) is 0 Å². The van der Waals surface area contributed by atoms with E-state index in [1.165, 1.54) is 12.8 Å². The quantitative estimate of drug-likeness (QED) is 0.847. The Bertz CT molecular complexity index is 298. The molecule has 0 radical (unpaired) electrons. The zero-order chi connectivity index (χ0) is 9.97. The minimum Gasteiger partial charge on any atom is -0.449 e. The van der Waals surface area contributed by atoms with Crippen molar-refractivity contribution in [3.8, 4) is 0 Å². The lowest BCUT2D eigenvalue weighted by atomic mass is 10.2. The van der Waals surface area contributed by atoms with Crippen LogP contribution in [0.3, 0.4) is 0 Å². The molecule has 0 amide bonds. The zero-order valence-corrected chi connectivity index (χ0v) is 9.48. The number of thioether (sulfide) groups is 1. The lowest BCUT2D eigenvalue weighted by Gasteiger charge is -2.07. The second-order valence-electron chi connectivity index (χ2n) is 3.72. The molecule has 14 heavy (non-hydrogen) atoms. The highest BCUT2D eigenvalue weighted by Crippen LogP contribution is 2.33. The van der Waals surface area contributed by atoms with Crippen molar-refractivity contribution in [2.24, 2.45) is 11.7 Å². The van der Waals surface area contributed by atoms with Crippen molar-refractivity contribution in [1.29, 1.82) is 0 Å². The Kier molecular flexibility index (Phi) is 3.42. The third-order valence-electron chi connectivity index (χ3n) is 2.41. The molecule has 1 heterocycles. The minimum atomic E-state index is 0.366. The SMILES string of the molecule is NC(CSCc1ccc(Cl)o1)C1CC1. The average molecular weight is 232 g/mol. The average Bonchev–Trinajstić information content (AvgIpc) is 2.92. The fourth-order valence-corrected chi connectivity index (χ4v) is 2.57. The number of nitrogens with two attached hydrogens (primary N) is 1. The molecule has 2 rings (SSSR count). The molecule has 1 fully saturated rings. The van der Waals surface area contributed by atoms with Crippen LogP contribution in [0, 0.1) is 5.92 Å². The summed E-state index contributed by atoms with van der Waals surface area (Å²) in [6.07, 6.45) is 2.63. The lowest BCUT2D eigenvalue weighted by Crippen LogP contribution is -2.25. The Balaban J connectivity index is 1.67. The Morgan fingerprint density at radius 3 is 2.93 bits per heavy atom. The van der Waals surface area contributed by atoms with Crippen LogP contribution in [0.15, 0.2) is 16.5 Å². The van der Waals surface area contributed by atoms with Gasteiger partial charge in [-0.15, -0.1) is 0 Å². The van der Waals surface area contributed by atoms with Crippen LogP contribution in [0.25, 0.3) is 0 Å². The molecule has 0 aromatic carbocycles. The molecular weight excluding hydrogens is 218 g/mol. The maximum absolute atomic E-state index is 5.97. The second-order valence-corrected chi connectivity index (χ2v) is 5.13. The molecule has 4 heteroatoms. The molecular formula is C10H14ClNOS. The molecule has 1 unspecified atom stereocenters. The van der Waals surface area contributed by atoms with Crippen LogP contribution in [-0.2, 0) is 5.75 Å². The van der Waals surface area contributed by atoms with E-state index in [9.17, 15) is 0 Å². The summed E-state index contributed by atoms with van der Waals surface area (Å²) in [7, 11) is 0. The molecule has 2 N–H and O–H groups in total. The van der Waals surface area contributed by atoms with Gasteiger partial charge < -0.3 is 10.2 Å². The van der Waals surface area contributed by atoms with E-state index < -0.39 is 0 Å². The summed E-state index contributed by atoms with van der Waals surface area (Å²) >= 11 is 7.48. The molecule has 1 aromatic heterocycles. The van der Waals surface area contributed by atoms with Gasteiger partial charge >= 0.3 is 0 Å². The summed E-state index contributed by atoms with van der Waals surface area (Å²) in [6.45, 7) is 0. The smallest absolute Gasteiger partial charge is 0.193 e. The van der Waals surface area contributed by atoms with Crippen molar-refractivity contribution in [3.63, 3.8) is 0 Å². The van der Waals surface area contributed by atoms with Crippen LogP contribution in [0.4, 0.5) is 0 Å². The van der Waals surface area contributed by atoms with Gasteiger partial charge in [-0.25, -0.2) is 0 Å². The maximum atomic E-state index is 5.97. The monoisotopic (exact) mass is 231 g/mol. The van der Waals surface area contributed by atoms with Crippen molar-refractivity contribution in [3.05, 3.63) is 23.1 Å². The van der Waals surface area contributed by atoms with Crippen molar-refractivity contribution in [2.75, 3.05) is 5.75 Å². The first-order valence-corrected chi connectivity index (χ1v) is 6.36. The Labute approximate surface area is 93.2 Å². The van der Waals surface area contributed by atoms with E-state index in [1.807, 2.05) is 17.8 Å². The van der Waals surface area contributed by atoms with Crippen LogP contribution in [-0.4, -0.2) is 11.8 Å². The van der Waals surface area contributed by atoms with Gasteiger partial charge in [-0.1, -0.05) is 0 Å². The summed E-state index contributed by atoms with van der Waals surface area (Å²) in [5, 5.41) is 0.465. The predicted molar refractivity (Wildman–Crippen MR) is 60.6 cm³/mol. The van der Waals surface area contributed by atoms with Crippen LogP contribution >= 0.6 is 23.4 Å². The maximum Gasteiger partial charge on any atom is 0.193 e. The van der Waals surface area contributed by atoms with E-state index in [-0.39, 0.29) is 0 Å². The number of hydrogen-bond acceptors (Lipinski definition) is 3. The van der Waals surface area contributed by atoms with E-state index >= 15 is 0 Å². The normalized spacial score (nSPS) is 18.4. The predicted octanol–water partition coefficient (Wildman–Crippen LogP) is 2.90. The number of halogens is 1. The number of furan rings is 1. The molecule has 0 saturated heterocycles. The first-order valence-electron chi connectivity index (χ1n) is 4.83. The van der Waals surface area contributed by atoms with E-state index in [4.69, 9.17) is 21.8 Å². The highest BCUT2D eigenvalue weighted by molar-refractivity contribution is 7.98. The standard InChI is InChI=1S/C10H14ClNOS/c11-10-4-3-8(13-10)5-14-6-9(12)7-1-2-7/h3-4,7,9H,1-2,5-6,12H2. The molecule has 2 nitrogen and oxygen atoms in total. The van der Waals surface area contributed by atoms with Gasteiger partial charge in [0.1, 0.15) is 5.76 Å². The van der Waals surface area contributed by atoms with Gasteiger partial charge in [-0.3, -0.25) is 0 Å². The third-order valence-corrected chi connectivity index (χ3v) is 3.72. The van der Waals surface area contributed by atoms with Crippen molar-refractivity contribution < 1.29 is 4.42 Å². The Hall–Kier alpha value is -0.120. The molecule has 1 aliphatic carbocycles. The second kappa shape index (κ2) is 4.60. The Morgan fingerprint density at radius 1 is 1.57 bits per heavy atom. The van der Waals surface area contributed by atoms with Gasteiger partial charge in [-0.05, 0) is 42.5 Å². The fraction of sp³-hybridized carbons (Fsp3) is 0.600. The van der Waals surface area contributed by atoms with Gasteiger partial charge in [0.05, 0.1) is 5.75 Å².